The van der Waals surface area contributed by atoms with Gasteiger partial charge in [0.1, 0.15) is 15.8 Å². The summed E-state index contributed by atoms with van der Waals surface area (Å²) in [5.74, 6) is 1.10. The summed E-state index contributed by atoms with van der Waals surface area (Å²) in [6, 6.07) is 5.45. The standard InChI is InChI=1S/C12H11NO3S2/c1-15-8-4-3-5-9(16-2)7(8)6-10-11(14)13-12(17)18-10/h3-6H,1-2H3,(H,13,14,17). The number of thiocarbonyl (C=S) groups is 1. The number of ether oxygens (including phenoxy) is 2. The van der Waals surface area contributed by atoms with Gasteiger partial charge in [-0.05, 0) is 18.2 Å². The van der Waals surface area contributed by atoms with Gasteiger partial charge in [0.05, 0.1) is 24.7 Å². The van der Waals surface area contributed by atoms with Crippen LogP contribution in [0.25, 0.3) is 6.08 Å². The highest BCUT2D eigenvalue weighted by molar-refractivity contribution is 8.26. The van der Waals surface area contributed by atoms with E-state index >= 15 is 0 Å². The van der Waals surface area contributed by atoms with Crippen molar-refractivity contribution >= 4 is 40.3 Å². The lowest BCUT2D eigenvalue weighted by Crippen LogP contribution is -2.17. The first-order valence-electron chi connectivity index (χ1n) is 5.11. The molecule has 6 heteroatoms. The number of thioether (sulfide) groups is 1. The summed E-state index contributed by atoms with van der Waals surface area (Å²) >= 11 is 6.17. The van der Waals surface area contributed by atoms with Crippen molar-refractivity contribution in [2.24, 2.45) is 0 Å². The Balaban J connectivity index is 2.47. The van der Waals surface area contributed by atoms with Gasteiger partial charge in [0.2, 0.25) is 0 Å². The second-order valence-corrected chi connectivity index (χ2v) is 5.15. The molecule has 0 spiro atoms. The van der Waals surface area contributed by atoms with Crippen LogP contribution < -0.4 is 14.8 Å². The normalized spacial score (nSPS) is 16.9. The fourth-order valence-corrected chi connectivity index (χ4v) is 2.60. The second-order valence-electron chi connectivity index (χ2n) is 3.43. The number of amides is 1. The monoisotopic (exact) mass is 281 g/mol. The molecule has 1 N–H and O–H groups in total. The van der Waals surface area contributed by atoms with Crippen molar-refractivity contribution < 1.29 is 14.3 Å². The largest absolute Gasteiger partial charge is 0.496 e. The Labute approximate surface area is 114 Å². The molecule has 1 saturated heterocycles. The van der Waals surface area contributed by atoms with Gasteiger partial charge in [-0.2, -0.15) is 0 Å². The lowest BCUT2D eigenvalue weighted by Gasteiger charge is -2.09. The van der Waals surface area contributed by atoms with Gasteiger partial charge in [-0.25, -0.2) is 0 Å². The number of carbonyl (C=O) groups excluding carboxylic acids is 1. The first-order chi connectivity index (χ1) is 8.65. The zero-order valence-corrected chi connectivity index (χ0v) is 11.5. The van der Waals surface area contributed by atoms with E-state index < -0.39 is 0 Å². The number of hydrogen-bond donors (Lipinski definition) is 1. The number of benzene rings is 1. The van der Waals surface area contributed by atoms with Crippen molar-refractivity contribution in [3.8, 4) is 11.5 Å². The van der Waals surface area contributed by atoms with Gasteiger partial charge >= 0.3 is 0 Å². The average Bonchev–Trinajstić information content (AvgIpc) is 2.68. The Morgan fingerprint density at radius 1 is 1.28 bits per heavy atom. The van der Waals surface area contributed by atoms with E-state index in [2.05, 4.69) is 5.32 Å². The van der Waals surface area contributed by atoms with Gasteiger partial charge < -0.3 is 14.8 Å². The van der Waals surface area contributed by atoms with E-state index in [0.717, 1.165) is 5.56 Å². The lowest BCUT2D eigenvalue weighted by molar-refractivity contribution is -0.115. The number of hydrogen-bond acceptors (Lipinski definition) is 5. The summed E-state index contributed by atoms with van der Waals surface area (Å²) in [7, 11) is 3.15. The molecule has 1 aromatic carbocycles. The molecule has 1 heterocycles. The Kier molecular flexibility index (Phi) is 3.88. The van der Waals surface area contributed by atoms with E-state index in [1.165, 1.54) is 11.8 Å². The third-order valence-corrected chi connectivity index (χ3v) is 3.55. The summed E-state index contributed by atoms with van der Waals surface area (Å²) in [5.41, 5.74) is 0.727. The van der Waals surface area contributed by atoms with E-state index in [9.17, 15) is 4.79 Å². The van der Waals surface area contributed by atoms with Crippen LogP contribution in [0.5, 0.6) is 11.5 Å². The molecule has 2 rings (SSSR count). The highest BCUT2D eigenvalue weighted by Crippen LogP contribution is 2.34. The SMILES string of the molecule is COc1cccc(OC)c1C=C1SC(=S)NC1=O. The maximum atomic E-state index is 11.6. The van der Waals surface area contributed by atoms with Crippen LogP contribution in [0.15, 0.2) is 23.1 Å². The number of nitrogens with one attached hydrogen (secondary N) is 1. The predicted octanol–water partition coefficient (Wildman–Crippen LogP) is 2.19. The molecule has 0 bridgehead atoms. The molecule has 18 heavy (non-hydrogen) atoms. The number of rotatable bonds is 3. The molecule has 0 unspecified atom stereocenters. The third-order valence-electron chi connectivity index (χ3n) is 2.38. The fourth-order valence-electron chi connectivity index (χ4n) is 1.57. The van der Waals surface area contributed by atoms with E-state index in [0.29, 0.717) is 20.7 Å². The van der Waals surface area contributed by atoms with Crippen LogP contribution in [-0.4, -0.2) is 24.4 Å². The van der Waals surface area contributed by atoms with Gasteiger partial charge in [0, 0.05) is 0 Å². The lowest BCUT2D eigenvalue weighted by atomic mass is 10.1. The van der Waals surface area contributed by atoms with Crippen LogP contribution in [-0.2, 0) is 4.79 Å². The molecule has 0 aliphatic carbocycles. The van der Waals surface area contributed by atoms with Crippen molar-refractivity contribution in [1.82, 2.24) is 5.32 Å². The Bertz CT molecular complexity index is 518. The summed E-state index contributed by atoms with van der Waals surface area (Å²) in [5, 5.41) is 2.57. The first kappa shape index (κ1) is 12.9. The minimum atomic E-state index is -0.196. The van der Waals surface area contributed by atoms with Crippen LogP contribution in [0.2, 0.25) is 0 Å². The summed E-state index contributed by atoms with van der Waals surface area (Å²) in [6.07, 6.45) is 1.72. The molecule has 1 aliphatic heterocycles. The number of methoxy groups -OCH3 is 2. The van der Waals surface area contributed by atoms with Crippen molar-refractivity contribution in [3.05, 3.63) is 28.7 Å². The molecule has 0 atom stereocenters. The Morgan fingerprint density at radius 3 is 2.33 bits per heavy atom. The predicted molar refractivity (Wildman–Crippen MR) is 75.9 cm³/mol. The molecule has 1 aliphatic rings. The Morgan fingerprint density at radius 2 is 1.89 bits per heavy atom. The maximum Gasteiger partial charge on any atom is 0.263 e. The van der Waals surface area contributed by atoms with E-state index in [4.69, 9.17) is 21.7 Å². The van der Waals surface area contributed by atoms with Crippen molar-refractivity contribution in [2.45, 2.75) is 0 Å². The molecule has 4 nitrogen and oxygen atoms in total. The van der Waals surface area contributed by atoms with Gasteiger partial charge in [0.25, 0.3) is 5.91 Å². The van der Waals surface area contributed by atoms with Crippen molar-refractivity contribution in [2.75, 3.05) is 14.2 Å². The van der Waals surface area contributed by atoms with Crippen LogP contribution in [0.1, 0.15) is 5.56 Å². The molecule has 94 valence electrons. The first-order valence-corrected chi connectivity index (χ1v) is 6.34. The molecule has 1 aromatic rings. The van der Waals surface area contributed by atoms with Gasteiger partial charge in [0.15, 0.2) is 0 Å². The molecule has 1 fully saturated rings. The highest BCUT2D eigenvalue weighted by Gasteiger charge is 2.23. The molecular formula is C12H11NO3S2. The second kappa shape index (κ2) is 5.41. The minimum Gasteiger partial charge on any atom is -0.496 e. The van der Waals surface area contributed by atoms with E-state index in [1.807, 2.05) is 18.2 Å². The van der Waals surface area contributed by atoms with Gasteiger partial charge in [-0.1, -0.05) is 30.0 Å². The molecule has 0 saturated carbocycles. The average molecular weight is 281 g/mol. The van der Waals surface area contributed by atoms with E-state index in [1.54, 1.807) is 20.3 Å². The number of carbonyl (C=O) groups is 1. The van der Waals surface area contributed by atoms with Crippen LogP contribution >= 0.6 is 24.0 Å². The van der Waals surface area contributed by atoms with Crippen molar-refractivity contribution in [3.63, 3.8) is 0 Å². The summed E-state index contributed by atoms with van der Waals surface area (Å²) in [6.45, 7) is 0. The Hall–Kier alpha value is -1.53. The quantitative estimate of drug-likeness (QED) is 0.680. The summed E-state index contributed by atoms with van der Waals surface area (Å²) < 4.78 is 11.0. The summed E-state index contributed by atoms with van der Waals surface area (Å²) in [4.78, 5) is 12.1. The van der Waals surface area contributed by atoms with Crippen LogP contribution in [0.3, 0.4) is 0 Å². The topological polar surface area (TPSA) is 47.6 Å². The van der Waals surface area contributed by atoms with Gasteiger partial charge in [-0.3, -0.25) is 4.79 Å². The highest BCUT2D eigenvalue weighted by atomic mass is 32.2. The van der Waals surface area contributed by atoms with Gasteiger partial charge in [-0.15, -0.1) is 0 Å². The van der Waals surface area contributed by atoms with Crippen LogP contribution in [0.4, 0.5) is 0 Å². The fraction of sp³-hybridized carbons (Fsp3) is 0.167. The van der Waals surface area contributed by atoms with E-state index in [-0.39, 0.29) is 5.91 Å². The molecular weight excluding hydrogens is 270 g/mol. The van der Waals surface area contributed by atoms with Crippen LogP contribution in [0, 0.1) is 0 Å². The minimum absolute atomic E-state index is 0.196. The molecule has 0 aromatic heterocycles. The maximum absolute atomic E-state index is 11.6. The third kappa shape index (κ3) is 2.49. The van der Waals surface area contributed by atoms with Crippen molar-refractivity contribution in [1.29, 1.82) is 0 Å². The smallest absolute Gasteiger partial charge is 0.263 e. The zero-order valence-electron chi connectivity index (χ0n) is 9.85. The zero-order chi connectivity index (χ0) is 13.1. The molecule has 1 amide bonds. The molecule has 0 radical (unpaired) electrons.